The molecule has 0 spiro atoms. The molecule has 7 nitrogen and oxygen atoms in total. The number of nitrogens with one attached hydrogen (secondary N) is 1. The van der Waals surface area contributed by atoms with Gasteiger partial charge in [-0.2, -0.15) is 0 Å². The van der Waals surface area contributed by atoms with Gasteiger partial charge in [0.25, 0.3) is 5.91 Å². The molecule has 0 aliphatic carbocycles. The van der Waals surface area contributed by atoms with Crippen LogP contribution in [-0.4, -0.2) is 45.3 Å². The Balaban J connectivity index is 2.05. The molecule has 0 heterocycles. The molecule has 144 valence electrons. The molecule has 0 atom stereocenters. The Morgan fingerprint density at radius 1 is 1.19 bits per heavy atom. The molecule has 0 radical (unpaired) electrons. The normalized spacial score (nSPS) is 11.3. The van der Waals surface area contributed by atoms with Crippen molar-refractivity contribution in [2.45, 2.75) is 4.90 Å². The first kappa shape index (κ1) is 20.8. The van der Waals surface area contributed by atoms with Crippen LogP contribution in [0, 0.1) is 5.82 Å². The van der Waals surface area contributed by atoms with Gasteiger partial charge < -0.3 is 10.1 Å². The number of ether oxygens (including phenoxy) is 1. The summed E-state index contributed by atoms with van der Waals surface area (Å²) in [6.45, 7) is -0.631. The lowest BCUT2D eigenvalue weighted by atomic mass is 10.2. The molecule has 2 aromatic rings. The monoisotopic (exact) mass is 414 g/mol. The average molecular weight is 415 g/mol. The quantitative estimate of drug-likeness (QED) is 0.733. The largest absolute Gasteiger partial charge is 0.452 e. The van der Waals surface area contributed by atoms with Gasteiger partial charge in [-0.05, 0) is 36.4 Å². The number of esters is 1. The third kappa shape index (κ3) is 5.25. The van der Waals surface area contributed by atoms with Gasteiger partial charge in [0, 0.05) is 19.8 Å². The smallest absolute Gasteiger partial charge is 0.338 e. The number of rotatable bonds is 6. The van der Waals surface area contributed by atoms with E-state index in [4.69, 9.17) is 16.3 Å². The van der Waals surface area contributed by atoms with Crippen LogP contribution in [0.5, 0.6) is 0 Å². The average Bonchev–Trinajstić information content (AvgIpc) is 2.61. The number of nitrogens with zero attached hydrogens (tertiary/aromatic N) is 1. The maximum Gasteiger partial charge on any atom is 0.338 e. The van der Waals surface area contributed by atoms with Crippen LogP contribution in [0.25, 0.3) is 0 Å². The molecule has 0 unspecified atom stereocenters. The maximum absolute atomic E-state index is 13.1. The van der Waals surface area contributed by atoms with Gasteiger partial charge in [-0.15, -0.1) is 0 Å². The third-order valence-electron chi connectivity index (χ3n) is 3.37. The summed E-state index contributed by atoms with van der Waals surface area (Å²) in [6.07, 6.45) is 0. The van der Waals surface area contributed by atoms with Crippen LogP contribution >= 0.6 is 11.6 Å². The Morgan fingerprint density at radius 2 is 1.89 bits per heavy atom. The molecule has 0 saturated carbocycles. The fourth-order valence-corrected chi connectivity index (χ4v) is 3.40. The second-order valence-corrected chi connectivity index (χ2v) is 8.09. The van der Waals surface area contributed by atoms with E-state index in [1.165, 1.54) is 50.5 Å². The van der Waals surface area contributed by atoms with Crippen molar-refractivity contribution in [1.29, 1.82) is 0 Å². The van der Waals surface area contributed by atoms with E-state index >= 15 is 0 Å². The van der Waals surface area contributed by atoms with Crippen LogP contribution in [0.15, 0.2) is 47.4 Å². The molecular formula is C17H16ClFN2O5S. The first-order valence-corrected chi connectivity index (χ1v) is 9.37. The van der Waals surface area contributed by atoms with E-state index in [9.17, 15) is 22.4 Å². The number of carbonyl (C=O) groups excluding carboxylic acids is 2. The summed E-state index contributed by atoms with van der Waals surface area (Å²) in [4.78, 5) is 23.6. The second-order valence-electron chi connectivity index (χ2n) is 5.57. The summed E-state index contributed by atoms with van der Waals surface area (Å²) >= 11 is 5.93. The van der Waals surface area contributed by atoms with Crippen LogP contribution in [0.3, 0.4) is 0 Å². The van der Waals surface area contributed by atoms with Crippen LogP contribution in [0.4, 0.5) is 10.1 Å². The first-order valence-electron chi connectivity index (χ1n) is 7.56. The van der Waals surface area contributed by atoms with Crippen molar-refractivity contribution in [3.05, 3.63) is 58.9 Å². The molecule has 0 aromatic heterocycles. The standard InChI is InChI=1S/C17H16ClFN2O5S/c1-21(2)27(24,25)15-9-13(6-7-14(15)18)20-16(22)10-26-17(23)11-4-3-5-12(19)8-11/h3-9H,10H2,1-2H3,(H,20,22). The van der Waals surface area contributed by atoms with Crippen molar-refractivity contribution in [3.8, 4) is 0 Å². The zero-order valence-corrected chi connectivity index (χ0v) is 16.0. The van der Waals surface area contributed by atoms with Gasteiger partial charge in [0.15, 0.2) is 6.61 Å². The van der Waals surface area contributed by atoms with E-state index in [0.717, 1.165) is 10.4 Å². The molecule has 27 heavy (non-hydrogen) atoms. The minimum Gasteiger partial charge on any atom is -0.452 e. The maximum atomic E-state index is 13.1. The van der Waals surface area contributed by atoms with Crippen molar-refractivity contribution in [3.63, 3.8) is 0 Å². The van der Waals surface area contributed by atoms with Gasteiger partial charge in [-0.25, -0.2) is 21.9 Å². The van der Waals surface area contributed by atoms with E-state index in [1.807, 2.05) is 0 Å². The Morgan fingerprint density at radius 3 is 2.52 bits per heavy atom. The highest BCUT2D eigenvalue weighted by Crippen LogP contribution is 2.26. The molecule has 1 amide bonds. The number of benzene rings is 2. The number of halogens is 2. The van der Waals surface area contributed by atoms with Crippen LogP contribution in [-0.2, 0) is 19.6 Å². The fraction of sp³-hybridized carbons (Fsp3) is 0.176. The molecule has 10 heteroatoms. The third-order valence-corrected chi connectivity index (χ3v) is 5.66. The number of amides is 1. The fourth-order valence-electron chi connectivity index (χ4n) is 2.00. The topological polar surface area (TPSA) is 92.8 Å². The lowest BCUT2D eigenvalue weighted by Gasteiger charge is -2.14. The minimum atomic E-state index is -3.80. The zero-order valence-electron chi connectivity index (χ0n) is 14.4. The number of hydrogen-bond acceptors (Lipinski definition) is 5. The molecule has 0 aliphatic rings. The lowest BCUT2D eigenvalue weighted by Crippen LogP contribution is -2.23. The van der Waals surface area contributed by atoms with Gasteiger partial charge in [0.1, 0.15) is 10.7 Å². The van der Waals surface area contributed by atoms with E-state index < -0.39 is 34.3 Å². The first-order chi connectivity index (χ1) is 12.6. The minimum absolute atomic E-state index is 0.000712. The van der Waals surface area contributed by atoms with Crippen LogP contribution < -0.4 is 5.32 Å². The highest BCUT2D eigenvalue weighted by molar-refractivity contribution is 7.89. The van der Waals surface area contributed by atoms with Gasteiger partial charge >= 0.3 is 5.97 Å². The SMILES string of the molecule is CN(C)S(=O)(=O)c1cc(NC(=O)COC(=O)c2cccc(F)c2)ccc1Cl. The van der Waals surface area contributed by atoms with Gasteiger partial charge in [0.2, 0.25) is 10.0 Å². The number of hydrogen-bond donors (Lipinski definition) is 1. The van der Waals surface area contributed by atoms with Crippen molar-refractivity contribution in [1.82, 2.24) is 4.31 Å². The highest BCUT2D eigenvalue weighted by atomic mass is 35.5. The Hall–Kier alpha value is -2.49. The molecule has 0 aliphatic heterocycles. The summed E-state index contributed by atoms with van der Waals surface area (Å²) in [6, 6.07) is 8.77. The van der Waals surface area contributed by atoms with Crippen molar-refractivity contribution in [2.75, 3.05) is 26.0 Å². The van der Waals surface area contributed by atoms with Crippen LogP contribution in [0.1, 0.15) is 10.4 Å². The Labute approximate surface area is 160 Å². The highest BCUT2D eigenvalue weighted by Gasteiger charge is 2.21. The van der Waals surface area contributed by atoms with Crippen molar-refractivity contribution in [2.24, 2.45) is 0 Å². The number of anilines is 1. The molecule has 1 N–H and O–H groups in total. The number of carbonyl (C=O) groups is 2. The second kappa shape index (κ2) is 8.47. The number of sulfonamides is 1. The summed E-state index contributed by atoms with van der Waals surface area (Å²) in [5, 5.41) is 2.41. The van der Waals surface area contributed by atoms with Crippen LogP contribution in [0.2, 0.25) is 5.02 Å². The molecule has 2 rings (SSSR count). The van der Waals surface area contributed by atoms with Crippen molar-refractivity contribution >= 4 is 39.2 Å². The predicted molar refractivity (Wildman–Crippen MR) is 97.6 cm³/mol. The van der Waals surface area contributed by atoms with Crippen molar-refractivity contribution < 1.29 is 27.1 Å². The van der Waals surface area contributed by atoms with Gasteiger partial charge in [0.05, 0.1) is 10.6 Å². The van der Waals surface area contributed by atoms with E-state index in [-0.39, 0.29) is 21.2 Å². The molecule has 0 bridgehead atoms. The Bertz CT molecular complexity index is 979. The van der Waals surface area contributed by atoms with E-state index in [1.54, 1.807) is 0 Å². The Kier molecular flexibility index (Phi) is 6.53. The molecule has 0 saturated heterocycles. The zero-order chi connectivity index (χ0) is 20.2. The summed E-state index contributed by atoms with van der Waals surface area (Å²) in [5.41, 5.74) is 0.125. The van der Waals surface area contributed by atoms with E-state index in [0.29, 0.717) is 0 Å². The van der Waals surface area contributed by atoms with Gasteiger partial charge in [-0.1, -0.05) is 17.7 Å². The molecule has 2 aromatic carbocycles. The summed E-state index contributed by atoms with van der Waals surface area (Å²) in [5.74, 6) is -2.17. The predicted octanol–water partition coefficient (Wildman–Crippen LogP) is 2.52. The molecular weight excluding hydrogens is 399 g/mol. The van der Waals surface area contributed by atoms with E-state index in [2.05, 4.69) is 5.32 Å². The summed E-state index contributed by atoms with van der Waals surface area (Å²) in [7, 11) is -1.10. The lowest BCUT2D eigenvalue weighted by molar-refractivity contribution is -0.119. The summed E-state index contributed by atoms with van der Waals surface area (Å²) < 4.78 is 43.3. The van der Waals surface area contributed by atoms with Gasteiger partial charge in [-0.3, -0.25) is 4.79 Å². The molecule has 0 fully saturated rings.